The van der Waals surface area contributed by atoms with Gasteiger partial charge < -0.3 is 0 Å². The lowest BCUT2D eigenvalue weighted by Gasteiger charge is -2.29. The van der Waals surface area contributed by atoms with Crippen LogP contribution in [0.15, 0.2) is 22.7 Å². The Hall–Kier alpha value is -0.0800. The molecule has 3 heteroatoms. The van der Waals surface area contributed by atoms with Crippen molar-refractivity contribution in [2.45, 2.75) is 33.1 Å². The fraction of sp³-hybridized carbons (Fsp3) is 0.538. The van der Waals surface area contributed by atoms with E-state index in [1.165, 1.54) is 6.07 Å². The minimum atomic E-state index is -0.186. The molecule has 90 valence electrons. The van der Waals surface area contributed by atoms with Crippen LogP contribution in [0.2, 0.25) is 0 Å². The first-order valence-electron chi connectivity index (χ1n) is 5.57. The van der Waals surface area contributed by atoms with Crippen LogP contribution in [0.4, 0.5) is 4.39 Å². The highest BCUT2D eigenvalue weighted by molar-refractivity contribution is 9.10. The average molecular weight is 308 g/mol. The van der Waals surface area contributed by atoms with Gasteiger partial charge in [-0.1, -0.05) is 29.8 Å². The molecule has 16 heavy (non-hydrogen) atoms. The molecule has 0 unspecified atom stereocenters. The van der Waals surface area contributed by atoms with Crippen LogP contribution in [0.1, 0.15) is 32.3 Å². The minimum Gasteiger partial charge on any atom is -0.207 e. The summed E-state index contributed by atoms with van der Waals surface area (Å²) in [5, 5.41) is 0. The van der Waals surface area contributed by atoms with Gasteiger partial charge in [-0.2, -0.15) is 0 Å². The molecule has 0 nitrogen and oxygen atoms in total. The molecule has 0 aliphatic carbocycles. The molecule has 1 aromatic rings. The molecule has 0 fully saturated rings. The SMILES string of the molecule is CCC(CC)(CCl)Cc1cc(F)ccc1Br. The van der Waals surface area contributed by atoms with Crippen LogP contribution in [-0.2, 0) is 6.42 Å². The Morgan fingerprint density at radius 2 is 1.94 bits per heavy atom. The van der Waals surface area contributed by atoms with E-state index in [9.17, 15) is 4.39 Å². The van der Waals surface area contributed by atoms with Crippen molar-refractivity contribution >= 4 is 27.5 Å². The standard InChI is InChI=1S/C13H17BrClF/c1-3-13(4-2,9-15)8-10-7-11(16)5-6-12(10)14/h5-7H,3-4,8-9H2,1-2H3. The van der Waals surface area contributed by atoms with Gasteiger partial charge in [-0.15, -0.1) is 11.6 Å². The number of alkyl halides is 1. The summed E-state index contributed by atoms with van der Waals surface area (Å²) in [5.41, 5.74) is 1.09. The first-order valence-corrected chi connectivity index (χ1v) is 6.89. The smallest absolute Gasteiger partial charge is 0.123 e. The molecule has 0 bridgehead atoms. The fourth-order valence-electron chi connectivity index (χ4n) is 1.82. The first kappa shape index (κ1) is 14.0. The Kier molecular flexibility index (Phi) is 5.26. The topological polar surface area (TPSA) is 0 Å². The molecule has 0 saturated heterocycles. The van der Waals surface area contributed by atoms with Gasteiger partial charge in [-0.25, -0.2) is 4.39 Å². The van der Waals surface area contributed by atoms with Crippen LogP contribution in [0, 0.1) is 11.2 Å². The largest absolute Gasteiger partial charge is 0.207 e. The maximum atomic E-state index is 13.2. The lowest BCUT2D eigenvalue weighted by Crippen LogP contribution is -2.24. The third-order valence-electron chi connectivity index (χ3n) is 3.36. The number of benzene rings is 1. The summed E-state index contributed by atoms with van der Waals surface area (Å²) in [4.78, 5) is 0. The number of hydrogen-bond donors (Lipinski definition) is 0. The molecule has 0 amide bonds. The number of rotatable bonds is 5. The van der Waals surface area contributed by atoms with Gasteiger partial charge in [0, 0.05) is 10.4 Å². The van der Waals surface area contributed by atoms with Crippen molar-refractivity contribution in [3.63, 3.8) is 0 Å². The third-order valence-corrected chi connectivity index (χ3v) is 4.70. The first-order chi connectivity index (χ1) is 7.56. The van der Waals surface area contributed by atoms with E-state index < -0.39 is 0 Å². The molecule has 0 radical (unpaired) electrons. The highest BCUT2D eigenvalue weighted by atomic mass is 79.9. The van der Waals surface area contributed by atoms with Crippen LogP contribution < -0.4 is 0 Å². The molecule has 0 aromatic heterocycles. The van der Waals surface area contributed by atoms with Crippen molar-refractivity contribution in [2.75, 3.05) is 5.88 Å². The lowest BCUT2D eigenvalue weighted by molar-refractivity contribution is 0.301. The molecule has 0 aliphatic rings. The second-order valence-electron chi connectivity index (χ2n) is 4.25. The van der Waals surface area contributed by atoms with Crippen molar-refractivity contribution in [3.8, 4) is 0 Å². The normalized spacial score (nSPS) is 11.8. The Balaban J connectivity index is 2.97. The summed E-state index contributed by atoms with van der Waals surface area (Å²) in [5.74, 6) is 0.428. The Labute approximate surface area is 110 Å². The second kappa shape index (κ2) is 6.02. The molecular formula is C13H17BrClF. The monoisotopic (exact) mass is 306 g/mol. The van der Waals surface area contributed by atoms with E-state index in [0.29, 0.717) is 5.88 Å². The van der Waals surface area contributed by atoms with Gasteiger partial charge in [0.05, 0.1) is 0 Å². The van der Waals surface area contributed by atoms with Crippen LogP contribution >= 0.6 is 27.5 Å². The van der Waals surface area contributed by atoms with E-state index >= 15 is 0 Å². The summed E-state index contributed by atoms with van der Waals surface area (Å²) >= 11 is 9.52. The van der Waals surface area contributed by atoms with E-state index in [0.717, 1.165) is 29.3 Å². The number of halogens is 3. The Morgan fingerprint density at radius 3 is 2.44 bits per heavy atom. The number of hydrogen-bond acceptors (Lipinski definition) is 0. The highest BCUT2D eigenvalue weighted by Gasteiger charge is 2.26. The van der Waals surface area contributed by atoms with E-state index in [1.54, 1.807) is 12.1 Å². The molecular weight excluding hydrogens is 290 g/mol. The van der Waals surface area contributed by atoms with E-state index in [2.05, 4.69) is 29.8 Å². The van der Waals surface area contributed by atoms with Crippen molar-refractivity contribution in [1.29, 1.82) is 0 Å². The molecule has 0 atom stereocenters. The fourth-order valence-corrected chi connectivity index (χ4v) is 2.68. The maximum absolute atomic E-state index is 13.2. The summed E-state index contributed by atoms with van der Waals surface area (Å²) in [6.45, 7) is 4.28. The maximum Gasteiger partial charge on any atom is 0.123 e. The molecule has 0 saturated carbocycles. The van der Waals surface area contributed by atoms with Gasteiger partial charge in [-0.3, -0.25) is 0 Å². The van der Waals surface area contributed by atoms with Crippen molar-refractivity contribution in [3.05, 3.63) is 34.1 Å². The second-order valence-corrected chi connectivity index (χ2v) is 5.37. The predicted octanol–water partition coefficient (Wildman–Crippen LogP) is 5.18. The third kappa shape index (κ3) is 3.21. The van der Waals surface area contributed by atoms with Gasteiger partial charge in [0.15, 0.2) is 0 Å². The van der Waals surface area contributed by atoms with Crippen LogP contribution in [0.25, 0.3) is 0 Å². The zero-order valence-corrected chi connectivity index (χ0v) is 12.0. The minimum absolute atomic E-state index is 0.0812. The van der Waals surface area contributed by atoms with E-state index in [1.807, 2.05) is 0 Å². The average Bonchev–Trinajstić information content (AvgIpc) is 2.31. The summed E-state index contributed by atoms with van der Waals surface area (Å²) in [6, 6.07) is 4.82. The van der Waals surface area contributed by atoms with E-state index in [4.69, 9.17) is 11.6 Å². The van der Waals surface area contributed by atoms with Crippen LogP contribution in [-0.4, -0.2) is 5.88 Å². The Morgan fingerprint density at radius 1 is 1.31 bits per heavy atom. The van der Waals surface area contributed by atoms with Crippen molar-refractivity contribution in [2.24, 2.45) is 5.41 Å². The van der Waals surface area contributed by atoms with Gasteiger partial charge in [0.25, 0.3) is 0 Å². The Bertz CT molecular complexity index is 340. The molecule has 0 spiro atoms. The lowest BCUT2D eigenvalue weighted by atomic mass is 9.79. The summed E-state index contributed by atoms with van der Waals surface area (Å²) < 4.78 is 14.1. The van der Waals surface area contributed by atoms with Crippen molar-refractivity contribution < 1.29 is 4.39 Å². The molecule has 1 rings (SSSR count). The molecule has 0 aliphatic heterocycles. The van der Waals surface area contributed by atoms with Crippen LogP contribution in [0.3, 0.4) is 0 Å². The molecule has 0 heterocycles. The van der Waals surface area contributed by atoms with Gasteiger partial charge in [0.1, 0.15) is 5.82 Å². The zero-order chi connectivity index (χ0) is 12.2. The summed E-state index contributed by atoms with van der Waals surface area (Å²) in [6.07, 6.45) is 2.84. The van der Waals surface area contributed by atoms with Crippen LogP contribution in [0.5, 0.6) is 0 Å². The molecule has 1 aromatic carbocycles. The van der Waals surface area contributed by atoms with Gasteiger partial charge in [-0.05, 0) is 48.4 Å². The zero-order valence-electron chi connectivity index (χ0n) is 9.69. The quantitative estimate of drug-likeness (QED) is 0.658. The predicted molar refractivity (Wildman–Crippen MR) is 71.5 cm³/mol. The van der Waals surface area contributed by atoms with Gasteiger partial charge in [0.2, 0.25) is 0 Å². The van der Waals surface area contributed by atoms with E-state index in [-0.39, 0.29) is 11.2 Å². The van der Waals surface area contributed by atoms with Gasteiger partial charge >= 0.3 is 0 Å². The summed E-state index contributed by atoms with van der Waals surface area (Å²) in [7, 11) is 0. The molecule has 0 N–H and O–H groups in total. The highest BCUT2D eigenvalue weighted by Crippen LogP contribution is 2.34. The van der Waals surface area contributed by atoms with Crippen molar-refractivity contribution in [1.82, 2.24) is 0 Å².